The highest BCUT2D eigenvalue weighted by Gasteiger charge is 2.19. The summed E-state index contributed by atoms with van der Waals surface area (Å²) in [7, 11) is 3.95. The van der Waals surface area contributed by atoms with Crippen LogP contribution in [-0.4, -0.2) is 31.5 Å². The van der Waals surface area contributed by atoms with Gasteiger partial charge in [-0.15, -0.1) is 0 Å². The number of hydrogen-bond donors (Lipinski definition) is 1. The first-order chi connectivity index (χ1) is 12.3. The van der Waals surface area contributed by atoms with E-state index in [1.807, 2.05) is 43.3 Å². The molecule has 0 saturated heterocycles. The molecule has 0 aliphatic carbocycles. The summed E-state index contributed by atoms with van der Waals surface area (Å²) < 4.78 is 13.8. The summed E-state index contributed by atoms with van der Waals surface area (Å²) in [6.07, 6.45) is 1.50. The van der Waals surface area contributed by atoms with E-state index < -0.39 is 22.3 Å². The lowest BCUT2D eigenvalue weighted by molar-refractivity contribution is -0.385. The number of anilines is 1. The smallest absolute Gasteiger partial charge is 0.276 e. The average molecular weight is 359 g/mol. The van der Waals surface area contributed by atoms with Gasteiger partial charge in [0.15, 0.2) is 0 Å². The molecule has 6 nitrogen and oxygen atoms in total. The predicted molar refractivity (Wildman–Crippen MR) is 99.2 cm³/mol. The van der Waals surface area contributed by atoms with Gasteiger partial charge in [-0.3, -0.25) is 14.9 Å². The van der Waals surface area contributed by atoms with Gasteiger partial charge < -0.3 is 10.2 Å². The van der Waals surface area contributed by atoms with Gasteiger partial charge in [0, 0.05) is 38.0 Å². The standard InChI is InChI=1S/C19H22FN3O3/c1-13-17(20)11-15(12-18(13)23(25)26)19(24)21-10-4-5-14-6-8-16(9-7-14)22(2)3/h6-9,11-12H,4-5,10H2,1-3H3,(H,21,24). The highest BCUT2D eigenvalue weighted by Crippen LogP contribution is 2.22. The van der Waals surface area contributed by atoms with Crippen LogP contribution in [0.1, 0.15) is 27.9 Å². The molecule has 1 N–H and O–H groups in total. The van der Waals surface area contributed by atoms with Crippen LogP contribution in [0.2, 0.25) is 0 Å². The maximum atomic E-state index is 13.8. The van der Waals surface area contributed by atoms with Crippen molar-refractivity contribution in [2.75, 3.05) is 25.5 Å². The molecule has 2 aromatic carbocycles. The Hall–Kier alpha value is -2.96. The number of rotatable bonds is 7. The van der Waals surface area contributed by atoms with Crippen molar-refractivity contribution < 1.29 is 14.1 Å². The lowest BCUT2D eigenvalue weighted by atomic mass is 10.1. The van der Waals surface area contributed by atoms with Crippen LogP contribution < -0.4 is 10.2 Å². The minimum Gasteiger partial charge on any atom is -0.378 e. The number of carbonyl (C=O) groups excluding carboxylic acids is 1. The summed E-state index contributed by atoms with van der Waals surface area (Å²) in [5.41, 5.74) is 1.76. The van der Waals surface area contributed by atoms with Crippen molar-refractivity contribution in [2.45, 2.75) is 19.8 Å². The zero-order valence-electron chi connectivity index (χ0n) is 15.1. The summed E-state index contributed by atoms with van der Waals surface area (Å²) in [4.78, 5) is 24.4. The molecule has 2 aromatic rings. The normalized spacial score (nSPS) is 10.5. The molecular formula is C19H22FN3O3. The van der Waals surface area contributed by atoms with Crippen LogP contribution in [0.5, 0.6) is 0 Å². The van der Waals surface area contributed by atoms with Crippen molar-refractivity contribution >= 4 is 17.3 Å². The second-order valence-electron chi connectivity index (χ2n) is 6.28. The first-order valence-electron chi connectivity index (χ1n) is 8.28. The number of hydrogen-bond acceptors (Lipinski definition) is 4. The molecule has 2 rings (SSSR count). The quantitative estimate of drug-likeness (QED) is 0.467. The fourth-order valence-corrected chi connectivity index (χ4v) is 2.54. The van der Waals surface area contributed by atoms with Crippen molar-refractivity contribution in [3.05, 3.63) is 69.0 Å². The van der Waals surface area contributed by atoms with Gasteiger partial charge in [-0.05, 0) is 43.5 Å². The molecule has 0 aliphatic heterocycles. The molecule has 138 valence electrons. The molecule has 0 atom stereocenters. The van der Waals surface area contributed by atoms with E-state index in [9.17, 15) is 19.3 Å². The fourth-order valence-electron chi connectivity index (χ4n) is 2.54. The number of aryl methyl sites for hydroxylation is 1. The number of nitro groups is 1. The van der Waals surface area contributed by atoms with Crippen LogP contribution in [0.15, 0.2) is 36.4 Å². The Bertz CT molecular complexity index is 804. The zero-order chi connectivity index (χ0) is 19.3. The van der Waals surface area contributed by atoms with E-state index >= 15 is 0 Å². The van der Waals surface area contributed by atoms with E-state index in [0.717, 1.165) is 29.8 Å². The molecule has 0 radical (unpaired) electrons. The van der Waals surface area contributed by atoms with Gasteiger partial charge in [0.25, 0.3) is 11.6 Å². The molecule has 0 aliphatic rings. The Morgan fingerprint density at radius 3 is 2.46 bits per heavy atom. The molecule has 1 amide bonds. The lowest BCUT2D eigenvalue weighted by Gasteiger charge is -2.12. The van der Waals surface area contributed by atoms with Crippen molar-refractivity contribution in [1.29, 1.82) is 0 Å². The number of nitrogens with one attached hydrogen (secondary N) is 1. The molecule has 0 fully saturated rings. The molecule has 0 unspecified atom stereocenters. The summed E-state index contributed by atoms with van der Waals surface area (Å²) in [5, 5.41) is 13.6. The second-order valence-corrected chi connectivity index (χ2v) is 6.28. The average Bonchev–Trinajstić information content (AvgIpc) is 2.60. The lowest BCUT2D eigenvalue weighted by Crippen LogP contribution is -2.25. The monoisotopic (exact) mass is 359 g/mol. The minimum absolute atomic E-state index is 0.0462. The summed E-state index contributed by atoms with van der Waals surface area (Å²) in [6.45, 7) is 1.72. The molecule has 7 heteroatoms. The third-order valence-corrected chi connectivity index (χ3v) is 4.16. The third kappa shape index (κ3) is 4.78. The maximum absolute atomic E-state index is 13.8. The van der Waals surface area contributed by atoms with Crippen molar-refractivity contribution in [3.63, 3.8) is 0 Å². The minimum atomic E-state index is -0.759. The van der Waals surface area contributed by atoms with Crippen LogP contribution in [0.25, 0.3) is 0 Å². The van der Waals surface area contributed by atoms with E-state index in [0.29, 0.717) is 13.0 Å². The Labute approximate surface area is 151 Å². The molecule has 0 aromatic heterocycles. The summed E-state index contributed by atoms with van der Waals surface area (Å²) in [5.74, 6) is -1.28. The third-order valence-electron chi connectivity index (χ3n) is 4.16. The highest BCUT2D eigenvalue weighted by molar-refractivity contribution is 5.95. The van der Waals surface area contributed by atoms with Crippen molar-refractivity contribution in [3.8, 4) is 0 Å². The van der Waals surface area contributed by atoms with Crippen LogP contribution in [0, 0.1) is 22.9 Å². The molecule has 0 saturated carbocycles. The maximum Gasteiger partial charge on any atom is 0.276 e. The van der Waals surface area contributed by atoms with Gasteiger partial charge in [0.05, 0.1) is 10.5 Å². The summed E-state index contributed by atoms with van der Waals surface area (Å²) >= 11 is 0. The molecule has 26 heavy (non-hydrogen) atoms. The van der Waals surface area contributed by atoms with Crippen molar-refractivity contribution in [1.82, 2.24) is 5.32 Å². The zero-order valence-corrected chi connectivity index (χ0v) is 15.1. The molecule has 0 heterocycles. The molecular weight excluding hydrogens is 337 g/mol. The van der Waals surface area contributed by atoms with Gasteiger partial charge in [0.2, 0.25) is 0 Å². The van der Waals surface area contributed by atoms with Crippen LogP contribution in [0.3, 0.4) is 0 Å². The van der Waals surface area contributed by atoms with E-state index in [-0.39, 0.29) is 11.1 Å². The SMILES string of the molecule is Cc1c(F)cc(C(=O)NCCCc2ccc(N(C)C)cc2)cc1[N+](=O)[O-]. The van der Waals surface area contributed by atoms with E-state index in [2.05, 4.69) is 5.32 Å². The first-order valence-corrected chi connectivity index (χ1v) is 8.28. The largest absolute Gasteiger partial charge is 0.378 e. The number of amides is 1. The van der Waals surface area contributed by atoms with Gasteiger partial charge in [-0.1, -0.05) is 12.1 Å². The Kier molecular flexibility index (Phi) is 6.27. The highest BCUT2D eigenvalue weighted by atomic mass is 19.1. The number of halogens is 1. The first kappa shape index (κ1) is 19.4. The van der Waals surface area contributed by atoms with Gasteiger partial charge in [0.1, 0.15) is 5.82 Å². The molecule has 0 spiro atoms. The Balaban J connectivity index is 1.90. The van der Waals surface area contributed by atoms with Gasteiger partial charge in [-0.2, -0.15) is 0 Å². The molecule has 0 bridgehead atoms. The van der Waals surface area contributed by atoms with E-state index in [4.69, 9.17) is 0 Å². The number of carbonyl (C=O) groups is 1. The Morgan fingerprint density at radius 2 is 1.88 bits per heavy atom. The summed E-state index contributed by atoms with van der Waals surface area (Å²) in [6, 6.07) is 10.3. The Morgan fingerprint density at radius 1 is 1.23 bits per heavy atom. The van der Waals surface area contributed by atoms with E-state index in [1.54, 1.807) is 0 Å². The van der Waals surface area contributed by atoms with Gasteiger partial charge in [-0.25, -0.2) is 4.39 Å². The van der Waals surface area contributed by atoms with E-state index in [1.165, 1.54) is 6.92 Å². The fraction of sp³-hybridized carbons (Fsp3) is 0.316. The number of nitro benzene ring substituents is 1. The number of nitrogens with zero attached hydrogens (tertiary/aromatic N) is 2. The van der Waals surface area contributed by atoms with Crippen LogP contribution in [-0.2, 0) is 6.42 Å². The van der Waals surface area contributed by atoms with Crippen LogP contribution in [0.4, 0.5) is 15.8 Å². The van der Waals surface area contributed by atoms with Crippen LogP contribution >= 0.6 is 0 Å². The van der Waals surface area contributed by atoms with Gasteiger partial charge >= 0.3 is 0 Å². The van der Waals surface area contributed by atoms with Crippen molar-refractivity contribution in [2.24, 2.45) is 0 Å². The number of benzene rings is 2. The predicted octanol–water partition coefficient (Wildman–Crippen LogP) is 3.47. The topological polar surface area (TPSA) is 75.5 Å². The second kappa shape index (κ2) is 8.42.